The van der Waals surface area contributed by atoms with E-state index >= 15 is 0 Å². The third kappa shape index (κ3) is 4.58. The molecule has 132 valence electrons. The zero-order chi connectivity index (χ0) is 17.0. The number of quaternary nitrogens is 1. The number of benzene rings is 1. The zero-order valence-corrected chi connectivity index (χ0v) is 14.9. The predicted octanol–water partition coefficient (Wildman–Crippen LogP) is 2.10. The van der Waals surface area contributed by atoms with Gasteiger partial charge in [-0.2, -0.15) is 0 Å². The highest BCUT2D eigenvalue weighted by atomic mass is 16.6. The standard InChI is InChI=1S/C20H29NO3/c1-20(2)13-18(24-19(22)16-9-5-3-6-10-16)17(15-23-20)14-21-11-7-4-8-12-21/h3,5-6,9-10,17-18H,4,7-8,11-15H2,1-2H3/p+1. The second-order valence-electron chi connectivity index (χ2n) is 7.86. The molecule has 2 aliphatic heterocycles. The number of piperidine rings is 1. The van der Waals surface area contributed by atoms with Crippen molar-refractivity contribution in [2.45, 2.75) is 51.2 Å². The first kappa shape index (κ1) is 17.4. The number of ether oxygens (including phenoxy) is 2. The molecule has 0 bridgehead atoms. The number of nitrogens with one attached hydrogen (secondary N) is 1. The quantitative estimate of drug-likeness (QED) is 0.859. The molecule has 4 nitrogen and oxygen atoms in total. The van der Waals surface area contributed by atoms with Crippen molar-refractivity contribution in [2.24, 2.45) is 5.92 Å². The number of rotatable bonds is 4. The molecule has 2 saturated heterocycles. The fourth-order valence-corrected chi connectivity index (χ4v) is 3.88. The predicted molar refractivity (Wildman–Crippen MR) is 93.2 cm³/mol. The van der Waals surface area contributed by atoms with Crippen LogP contribution in [-0.4, -0.2) is 43.9 Å². The highest BCUT2D eigenvalue weighted by Gasteiger charge is 2.40. The van der Waals surface area contributed by atoms with Gasteiger partial charge in [-0.15, -0.1) is 0 Å². The minimum absolute atomic E-state index is 0.0594. The molecule has 0 radical (unpaired) electrons. The summed E-state index contributed by atoms with van der Waals surface area (Å²) in [4.78, 5) is 14.1. The van der Waals surface area contributed by atoms with E-state index in [4.69, 9.17) is 9.47 Å². The fraction of sp³-hybridized carbons (Fsp3) is 0.650. The van der Waals surface area contributed by atoms with Gasteiger partial charge in [0.15, 0.2) is 0 Å². The molecule has 2 fully saturated rings. The van der Waals surface area contributed by atoms with Crippen LogP contribution in [0, 0.1) is 5.92 Å². The van der Waals surface area contributed by atoms with Gasteiger partial charge < -0.3 is 14.4 Å². The van der Waals surface area contributed by atoms with Crippen molar-refractivity contribution < 1.29 is 19.2 Å². The second-order valence-corrected chi connectivity index (χ2v) is 7.86. The molecule has 1 aromatic rings. The van der Waals surface area contributed by atoms with Crippen molar-refractivity contribution in [2.75, 3.05) is 26.2 Å². The molecule has 0 aliphatic carbocycles. The van der Waals surface area contributed by atoms with Crippen LogP contribution in [0.25, 0.3) is 0 Å². The van der Waals surface area contributed by atoms with Crippen LogP contribution >= 0.6 is 0 Å². The van der Waals surface area contributed by atoms with E-state index in [1.807, 2.05) is 30.3 Å². The lowest BCUT2D eigenvalue weighted by atomic mass is 9.87. The van der Waals surface area contributed by atoms with Gasteiger partial charge in [0.1, 0.15) is 6.10 Å². The van der Waals surface area contributed by atoms with Crippen LogP contribution in [0.15, 0.2) is 30.3 Å². The Bertz CT molecular complexity index is 537. The molecule has 0 spiro atoms. The lowest BCUT2D eigenvalue weighted by Crippen LogP contribution is -3.13. The maximum atomic E-state index is 12.5. The van der Waals surface area contributed by atoms with Crippen LogP contribution in [-0.2, 0) is 9.47 Å². The van der Waals surface area contributed by atoms with E-state index in [1.165, 1.54) is 32.4 Å². The summed E-state index contributed by atoms with van der Waals surface area (Å²) in [6, 6.07) is 9.30. The Labute approximate surface area is 145 Å². The number of likely N-dealkylation sites (tertiary alicyclic amines) is 1. The van der Waals surface area contributed by atoms with Gasteiger partial charge >= 0.3 is 5.97 Å². The van der Waals surface area contributed by atoms with Crippen molar-refractivity contribution in [1.29, 1.82) is 0 Å². The Morgan fingerprint density at radius 3 is 2.62 bits per heavy atom. The molecule has 0 aromatic heterocycles. The topological polar surface area (TPSA) is 40.0 Å². The fourth-order valence-electron chi connectivity index (χ4n) is 3.88. The zero-order valence-electron chi connectivity index (χ0n) is 14.9. The highest BCUT2D eigenvalue weighted by molar-refractivity contribution is 5.89. The molecule has 1 N–H and O–H groups in total. The lowest BCUT2D eigenvalue weighted by Gasteiger charge is -2.41. The Morgan fingerprint density at radius 1 is 1.21 bits per heavy atom. The molecule has 0 amide bonds. The summed E-state index contributed by atoms with van der Waals surface area (Å²) >= 11 is 0. The van der Waals surface area contributed by atoms with Crippen LogP contribution in [0.3, 0.4) is 0 Å². The smallest absolute Gasteiger partial charge is 0.338 e. The number of hydrogen-bond donors (Lipinski definition) is 1. The summed E-state index contributed by atoms with van der Waals surface area (Å²) in [7, 11) is 0. The number of carbonyl (C=O) groups excluding carboxylic acids is 1. The van der Waals surface area contributed by atoms with Gasteiger partial charge in [-0.25, -0.2) is 4.79 Å². The molecule has 0 saturated carbocycles. The molecule has 1 aromatic carbocycles. The van der Waals surface area contributed by atoms with E-state index in [0.717, 1.165) is 13.0 Å². The van der Waals surface area contributed by atoms with Crippen molar-refractivity contribution in [1.82, 2.24) is 0 Å². The number of esters is 1. The van der Waals surface area contributed by atoms with E-state index in [1.54, 1.807) is 4.90 Å². The Hall–Kier alpha value is -1.39. The molecule has 2 heterocycles. The van der Waals surface area contributed by atoms with Crippen molar-refractivity contribution in [3.05, 3.63) is 35.9 Å². The Balaban J connectivity index is 1.66. The lowest BCUT2D eigenvalue weighted by molar-refractivity contribution is -0.909. The summed E-state index contributed by atoms with van der Waals surface area (Å²) in [6.45, 7) is 8.37. The molecule has 24 heavy (non-hydrogen) atoms. The Morgan fingerprint density at radius 2 is 1.92 bits per heavy atom. The molecule has 2 aliphatic rings. The van der Waals surface area contributed by atoms with Crippen molar-refractivity contribution >= 4 is 5.97 Å². The number of hydrogen-bond acceptors (Lipinski definition) is 3. The first-order valence-corrected chi connectivity index (χ1v) is 9.27. The van der Waals surface area contributed by atoms with Crippen LogP contribution in [0.2, 0.25) is 0 Å². The summed E-state index contributed by atoms with van der Waals surface area (Å²) in [6.07, 6.45) is 4.68. The number of carbonyl (C=O) groups is 1. The molecular formula is C20H30NO3+. The van der Waals surface area contributed by atoms with E-state index in [0.29, 0.717) is 18.1 Å². The minimum Gasteiger partial charge on any atom is -0.458 e. The van der Waals surface area contributed by atoms with E-state index in [9.17, 15) is 4.79 Å². The van der Waals surface area contributed by atoms with E-state index in [2.05, 4.69) is 13.8 Å². The van der Waals surface area contributed by atoms with Crippen LogP contribution in [0.4, 0.5) is 0 Å². The molecule has 2 unspecified atom stereocenters. The maximum Gasteiger partial charge on any atom is 0.338 e. The maximum absolute atomic E-state index is 12.5. The van der Waals surface area contributed by atoms with Gasteiger partial charge in [-0.3, -0.25) is 0 Å². The van der Waals surface area contributed by atoms with Crippen LogP contribution in [0.5, 0.6) is 0 Å². The monoisotopic (exact) mass is 332 g/mol. The largest absolute Gasteiger partial charge is 0.458 e. The second kappa shape index (κ2) is 7.66. The first-order valence-electron chi connectivity index (χ1n) is 9.27. The molecule has 2 atom stereocenters. The normalized spacial score (nSPS) is 27.6. The van der Waals surface area contributed by atoms with Gasteiger partial charge in [0.05, 0.1) is 43.3 Å². The molecular weight excluding hydrogens is 302 g/mol. The third-order valence-electron chi connectivity index (χ3n) is 5.29. The summed E-state index contributed by atoms with van der Waals surface area (Å²) in [5, 5.41) is 0. The Kier molecular flexibility index (Phi) is 5.57. The van der Waals surface area contributed by atoms with Gasteiger partial charge in [0.2, 0.25) is 0 Å². The minimum atomic E-state index is -0.227. The van der Waals surface area contributed by atoms with Crippen LogP contribution in [0.1, 0.15) is 49.9 Å². The van der Waals surface area contributed by atoms with Gasteiger partial charge in [0, 0.05) is 6.42 Å². The summed E-state index contributed by atoms with van der Waals surface area (Å²) < 4.78 is 12.0. The summed E-state index contributed by atoms with van der Waals surface area (Å²) in [5.74, 6) is 0.0794. The van der Waals surface area contributed by atoms with E-state index in [-0.39, 0.29) is 17.7 Å². The highest BCUT2D eigenvalue weighted by Crippen LogP contribution is 2.30. The van der Waals surface area contributed by atoms with Gasteiger partial charge in [0.25, 0.3) is 0 Å². The average molecular weight is 332 g/mol. The molecule has 4 heteroatoms. The molecule has 3 rings (SSSR count). The summed E-state index contributed by atoms with van der Waals surface area (Å²) in [5.41, 5.74) is 0.404. The first-order chi connectivity index (χ1) is 11.5. The van der Waals surface area contributed by atoms with Gasteiger partial charge in [-0.05, 0) is 45.2 Å². The average Bonchev–Trinajstić information content (AvgIpc) is 2.59. The van der Waals surface area contributed by atoms with Crippen molar-refractivity contribution in [3.8, 4) is 0 Å². The van der Waals surface area contributed by atoms with Crippen LogP contribution < -0.4 is 4.90 Å². The third-order valence-corrected chi connectivity index (χ3v) is 5.29. The SMILES string of the molecule is CC1(C)CC(OC(=O)c2ccccc2)C(C[NH+]2CCCCC2)CO1. The van der Waals surface area contributed by atoms with Gasteiger partial charge in [-0.1, -0.05) is 18.2 Å². The van der Waals surface area contributed by atoms with Crippen molar-refractivity contribution in [3.63, 3.8) is 0 Å². The van der Waals surface area contributed by atoms with E-state index < -0.39 is 0 Å².